The minimum Gasteiger partial charge on any atom is -0.243 e. The molecular weight excluding hydrogens is 124 g/mol. The van der Waals surface area contributed by atoms with Gasteiger partial charge in [0.2, 0.25) is 0 Å². The SMILES string of the molecule is C#Cc1cnc(C#C)cn1. The van der Waals surface area contributed by atoms with E-state index in [0.717, 1.165) is 0 Å². The lowest BCUT2D eigenvalue weighted by Gasteiger charge is -1.87. The van der Waals surface area contributed by atoms with Crippen LogP contribution in [0.4, 0.5) is 0 Å². The van der Waals surface area contributed by atoms with Gasteiger partial charge in [-0.3, -0.25) is 0 Å². The molecule has 0 saturated heterocycles. The third kappa shape index (κ3) is 1.13. The molecule has 0 unspecified atom stereocenters. The third-order valence-electron chi connectivity index (χ3n) is 0.948. The van der Waals surface area contributed by atoms with Crippen LogP contribution in [0.1, 0.15) is 11.4 Å². The zero-order valence-electron chi connectivity index (χ0n) is 5.20. The topological polar surface area (TPSA) is 25.8 Å². The van der Waals surface area contributed by atoms with Crippen molar-refractivity contribution in [3.05, 3.63) is 23.8 Å². The van der Waals surface area contributed by atoms with E-state index in [9.17, 15) is 0 Å². The first-order valence-electron chi connectivity index (χ1n) is 2.62. The quantitative estimate of drug-likeness (QED) is 0.474. The number of rotatable bonds is 0. The zero-order valence-corrected chi connectivity index (χ0v) is 5.20. The van der Waals surface area contributed by atoms with Gasteiger partial charge in [-0.2, -0.15) is 0 Å². The van der Waals surface area contributed by atoms with E-state index in [-0.39, 0.29) is 0 Å². The second kappa shape index (κ2) is 2.66. The summed E-state index contributed by atoms with van der Waals surface area (Å²) in [5, 5.41) is 0. The second-order valence-electron chi connectivity index (χ2n) is 1.58. The molecule has 2 heteroatoms. The fourth-order valence-corrected chi connectivity index (χ4v) is 0.477. The molecule has 1 rings (SSSR count). The summed E-state index contributed by atoms with van der Waals surface area (Å²) < 4.78 is 0. The van der Waals surface area contributed by atoms with E-state index in [1.165, 1.54) is 12.4 Å². The lowest BCUT2D eigenvalue weighted by Crippen LogP contribution is -1.87. The van der Waals surface area contributed by atoms with Gasteiger partial charge in [0.05, 0.1) is 12.4 Å². The van der Waals surface area contributed by atoms with Gasteiger partial charge in [-0.15, -0.1) is 12.8 Å². The Kier molecular flexibility index (Phi) is 1.68. The maximum atomic E-state index is 5.04. The Bertz CT molecular complexity index is 265. The molecule has 0 aromatic carbocycles. The molecule has 1 aromatic heterocycles. The van der Waals surface area contributed by atoms with Crippen molar-refractivity contribution in [3.8, 4) is 24.7 Å². The van der Waals surface area contributed by atoms with Crippen molar-refractivity contribution in [2.75, 3.05) is 0 Å². The maximum Gasteiger partial charge on any atom is 0.131 e. The molecule has 0 atom stereocenters. The lowest BCUT2D eigenvalue weighted by atomic mass is 10.4. The number of terminal acetylenes is 2. The van der Waals surface area contributed by atoms with Crippen molar-refractivity contribution in [2.24, 2.45) is 0 Å². The summed E-state index contributed by atoms with van der Waals surface area (Å²) in [7, 11) is 0. The highest BCUT2D eigenvalue weighted by molar-refractivity contribution is 5.26. The molecule has 0 radical (unpaired) electrons. The predicted molar refractivity (Wildman–Crippen MR) is 37.9 cm³/mol. The average Bonchev–Trinajstić information content (AvgIpc) is 2.05. The average molecular weight is 128 g/mol. The van der Waals surface area contributed by atoms with E-state index in [4.69, 9.17) is 12.8 Å². The summed E-state index contributed by atoms with van der Waals surface area (Å²) in [5.74, 6) is 4.67. The van der Waals surface area contributed by atoms with E-state index >= 15 is 0 Å². The van der Waals surface area contributed by atoms with E-state index in [1.807, 2.05) is 0 Å². The molecular formula is C8H4N2. The molecule has 0 amide bonds. The molecule has 0 spiro atoms. The highest BCUT2D eigenvalue weighted by atomic mass is 14.8. The normalized spacial score (nSPS) is 7.80. The minimum atomic E-state index is 0.499. The van der Waals surface area contributed by atoms with Crippen LogP contribution in [0.3, 0.4) is 0 Å². The van der Waals surface area contributed by atoms with Gasteiger partial charge in [-0.1, -0.05) is 0 Å². The van der Waals surface area contributed by atoms with Crippen LogP contribution in [0.25, 0.3) is 0 Å². The Morgan fingerprint density at radius 2 is 1.40 bits per heavy atom. The van der Waals surface area contributed by atoms with Crippen molar-refractivity contribution in [2.45, 2.75) is 0 Å². The Morgan fingerprint density at radius 1 is 1.00 bits per heavy atom. The minimum absolute atomic E-state index is 0.499. The number of hydrogen-bond acceptors (Lipinski definition) is 2. The zero-order chi connectivity index (χ0) is 7.40. The highest BCUT2D eigenvalue weighted by Gasteiger charge is 1.88. The number of nitrogens with zero attached hydrogens (tertiary/aromatic N) is 2. The Morgan fingerprint density at radius 3 is 1.60 bits per heavy atom. The van der Waals surface area contributed by atoms with Gasteiger partial charge in [0.15, 0.2) is 0 Å². The molecule has 2 nitrogen and oxygen atoms in total. The molecule has 0 saturated carbocycles. The first-order valence-corrected chi connectivity index (χ1v) is 2.62. The van der Waals surface area contributed by atoms with Gasteiger partial charge in [0, 0.05) is 0 Å². The molecule has 0 aliphatic heterocycles. The van der Waals surface area contributed by atoms with Crippen molar-refractivity contribution in [1.29, 1.82) is 0 Å². The summed E-state index contributed by atoms with van der Waals surface area (Å²) in [6.07, 6.45) is 13.0. The molecule has 0 bridgehead atoms. The monoisotopic (exact) mass is 128 g/mol. The van der Waals surface area contributed by atoms with Crippen LogP contribution in [-0.2, 0) is 0 Å². The van der Waals surface area contributed by atoms with Crippen molar-refractivity contribution in [1.82, 2.24) is 9.97 Å². The van der Waals surface area contributed by atoms with Crippen LogP contribution >= 0.6 is 0 Å². The van der Waals surface area contributed by atoms with E-state index in [2.05, 4.69) is 21.8 Å². The van der Waals surface area contributed by atoms with Gasteiger partial charge in [-0.05, 0) is 11.8 Å². The molecule has 0 aliphatic carbocycles. The Balaban J connectivity index is 3.08. The van der Waals surface area contributed by atoms with Crippen LogP contribution in [-0.4, -0.2) is 9.97 Å². The van der Waals surface area contributed by atoms with Crippen LogP contribution in [0, 0.1) is 24.7 Å². The standard InChI is InChI=1S/C8H4N2/c1-3-7-5-10-8(4-2)6-9-7/h1-2,5-6H. The summed E-state index contributed by atoms with van der Waals surface area (Å²) in [6.45, 7) is 0. The van der Waals surface area contributed by atoms with Gasteiger partial charge in [-0.25, -0.2) is 9.97 Å². The summed E-state index contributed by atoms with van der Waals surface area (Å²) in [6, 6.07) is 0. The molecule has 0 N–H and O–H groups in total. The predicted octanol–water partition coefficient (Wildman–Crippen LogP) is 0.439. The molecule has 0 aliphatic rings. The van der Waals surface area contributed by atoms with Crippen molar-refractivity contribution in [3.63, 3.8) is 0 Å². The van der Waals surface area contributed by atoms with Gasteiger partial charge < -0.3 is 0 Å². The van der Waals surface area contributed by atoms with E-state index in [0.29, 0.717) is 11.4 Å². The first kappa shape index (κ1) is 6.32. The molecule has 1 heterocycles. The summed E-state index contributed by atoms with van der Waals surface area (Å²) in [4.78, 5) is 7.65. The maximum absolute atomic E-state index is 5.04. The van der Waals surface area contributed by atoms with Crippen LogP contribution in [0.5, 0.6) is 0 Å². The molecule has 1 aromatic rings. The lowest BCUT2D eigenvalue weighted by molar-refractivity contribution is 1.15. The molecule has 46 valence electrons. The van der Waals surface area contributed by atoms with E-state index in [1.54, 1.807) is 0 Å². The van der Waals surface area contributed by atoms with Crippen LogP contribution < -0.4 is 0 Å². The molecule has 10 heavy (non-hydrogen) atoms. The number of hydrogen-bond donors (Lipinski definition) is 0. The van der Waals surface area contributed by atoms with Gasteiger partial charge in [0.25, 0.3) is 0 Å². The Labute approximate surface area is 59.3 Å². The fourth-order valence-electron chi connectivity index (χ4n) is 0.477. The first-order chi connectivity index (χ1) is 4.86. The van der Waals surface area contributed by atoms with Gasteiger partial charge >= 0.3 is 0 Å². The fraction of sp³-hybridized carbons (Fsp3) is 0. The summed E-state index contributed by atoms with van der Waals surface area (Å²) in [5.41, 5.74) is 0.998. The number of aromatic nitrogens is 2. The third-order valence-corrected chi connectivity index (χ3v) is 0.948. The highest BCUT2D eigenvalue weighted by Crippen LogP contribution is 1.90. The smallest absolute Gasteiger partial charge is 0.131 e. The van der Waals surface area contributed by atoms with Crippen molar-refractivity contribution < 1.29 is 0 Å². The van der Waals surface area contributed by atoms with Crippen molar-refractivity contribution >= 4 is 0 Å². The summed E-state index contributed by atoms with van der Waals surface area (Å²) >= 11 is 0. The van der Waals surface area contributed by atoms with Crippen LogP contribution in [0.15, 0.2) is 12.4 Å². The Hall–Kier alpha value is -1.80. The molecule has 0 fully saturated rings. The van der Waals surface area contributed by atoms with Gasteiger partial charge in [0.1, 0.15) is 11.4 Å². The largest absolute Gasteiger partial charge is 0.243 e. The van der Waals surface area contributed by atoms with E-state index < -0.39 is 0 Å². The van der Waals surface area contributed by atoms with Crippen LogP contribution in [0.2, 0.25) is 0 Å². The second-order valence-corrected chi connectivity index (χ2v) is 1.58.